The summed E-state index contributed by atoms with van der Waals surface area (Å²) in [7, 11) is 7.74. The number of piperazine rings is 1. The predicted molar refractivity (Wildman–Crippen MR) is 134 cm³/mol. The molecule has 36 heavy (non-hydrogen) atoms. The highest BCUT2D eigenvalue weighted by Gasteiger charge is 2.30. The highest BCUT2D eigenvalue weighted by Crippen LogP contribution is 2.40. The molecule has 0 aromatic heterocycles. The van der Waals surface area contributed by atoms with Crippen LogP contribution in [0, 0.1) is 0 Å². The van der Waals surface area contributed by atoms with Crippen molar-refractivity contribution in [2.45, 2.75) is 12.8 Å². The maximum Gasteiger partial charge on any atom is 0.257 e. The lowest BCUT2D eigenvalue weighted by Gasteiger charge is -2.36. The number of hydrogen-bond acceptors (Lipinski definition) is 7. The molecule has 0 saturated carbocycles. The average Bonchev–Trinajstić information content (AvgIpc) is 2.94. The van der Waals surface area contributed by atoms with Crippen LogP contribution in [0.1, 0.15) is 27.9 Å². The van der Waals surface area contributed by atoms with Gasteiger partial charge in [-0.25, -0.2) is 0 Å². The second kappa shape index (κ2) is 10.8. The first-order valence-electron chi connectivity index (χ1n) is 11.8. The smallest absolute Gasteiger partial charge is 0.257 e. The number of rotatable bonds is 7. The number of fused-ring (bicyclic) bond motifs is 1. The van der Waals surface area contributed by atoms with Crippen molar-refractivity contribution in [1.29, 1.82) is 0 Å². The standard InChI is InChI=1S/C27H32N2O7/c1-32-21-9-8-20(24(35-4)25(21)36-5)27(31)29-12-10-28(11-13-29)26(30)18-7-6-17-15-22(33-2)23(34-3)16-19(17)14-18/h8-9,14-16H,6-7,10-13H2,1-5H3. The van der Waals surface area contributed by atoms with Crippen LogP contribution >= 0.6 is 0 Å². The summed E-state index contributed by atoms with van der Waals surface area (Å²) < 4.78 is 27.0. The van der Waals surface area contributed by atoms with Crippen LogP contribution in [0.5, 0.6) is 28.7 Å². The van der Waals surface area contributed by atoms with Crippen molar-refractivity contribution >= 4 is 17.9 Å². The molecule has 1 aliphatic carbocycles. The van der Waals surface area contributed by atoms with Crippen molar-refractivity contribution in [3.05, 3.63) is 46.5 Å². The molecule has 1 aliphatic heterocycles. The molecule has 0 atom stereocenters. The molecule has 9 heteroatoms. The molecule has 192 valence electrons. The van der Waals surface area contributed by atoms with Crippen LogP contribution < -0.4 is 23.7 Å². The van der Waals surface area contributed by atoms with Gasteiger partial charge in [0.1, 0.15) is 0 Å². The van der Waals surface area contributed by atoms with Gasteiger partial charge in [-0.1, -0.05) is 0 Å². The number of benzene rings is 2. The van der Waals surface area contributed by atoms with E-state index in [0.717, 1.165) is 23.1 Å². The maximum absolute atomic E-state index is 13.3. The van der Waals surface area contributed by atoms with E-state index in [0.29, 0.717) is 66.9 Å². The summed E-state index contributed by atoms with van der Waals surface area (Å²) in [6.45, 7) is 1.76. The molecule has 1 fully saturated rings. The molecule has 2 aliphatic rings. The van der Waals surface area contributed by atoms with Crippen molar-refractivity contribution in [2.75, 3.05) is 61.7 Å². The Bertz CT molecular complexity index is 1180. The van der Waals surface area contributed by atoms with E-state index >= 15 is 0 Å². The van der Waals surface area contributed by atoms with Crippen LogP contribution in [0.2, 0.25) is 0 Å². The van der Waals surface area contributed by atoms with Crippen LogP contribution in [0.3, 0.4) is 0 Å². The SMILES string of the molecule is COc1cc2c(cc1OC)CCC(C(=O)N1CCN(C(=O)c3ccc(OC)c(OC)c3OC)CC1)=C2. The topological polar surface area (TPSA) is 86.8 Å². The van der Waals surface area contributed by atoms with Crippen molar-refractivity contribution in [3.8, 4) is 28.7 Å². The molecule has 0 N–H and O–H groups in total. The van der Waals surface area contributed by atoms with Gasteiger partial charge in [-0.05, 0) is 54.3 Å². The number of carbonyl (C=O) groups is 2. The highest BCUT2D eigenvalue weighted by atomic mass is 16.5. The first kappa shape index (κ1) is 25.2. The average molecular weight is 497 g/mol. The molecule has 4 rings (SSSR count). The summed E-state index contributed by atoms with van der Waals surface area (Å²) in [5.74, 6) is 2.35. The van der Waals surface area contributed by atoms with Gasteiger partial charge in [0.25, 0.3) is 5.91 Å². The van der Waals surface area contributed by atoms with Gasteiger partial charge in [0.2, 0.25) is 11.7 Å². The zero-order chi connectivity index (χ0) is 25.8. The molecule has 0 spiro atoms. The van der Waals surface area contributed by atoms with E-state index < -0.39 is 0 Å². The fourth-order valence-electron chi connectivity index (χ4n) is 4.74. The molecular formula is C27H32N2O7. The Labute approximate surface area is 211 Å². The summed E-state index contributed by atoms with van der Waals surface area (Å²) in [5, 5.41) is 0. The Morgan fingerprint density at radius 3 is 1.83 bits per heavy atom. The molecule has 2 aromatic carbocycles. The Morgan fingerprint density at radius 2 is 1.25 bits per heavy atom. The van der Waals surface area contributed by atoms with Crippen LogP contribution in [0.15, 0.2) is 29.8 Å². The number of amides is 2. The first-order chi connectivity index (χ1) is 17.4. The molecule has 2 amide bonds. The lowest BCUT2D eigenvalue weighted by molar-refractivity contribution is -0.128. The molecular weight excluding hydrogens is 464 g/mol. The van der Waals surface area contributed by atoms with Gasteiger partial charge in [0.15, 0.2) is 23.0 Å². The molecule has 1 saturated heterocycles. The van der Waals surface area contributed by atoms with E-state index in [4.69, 9.17) is 23.7 Å². The van der Waals surface area contributed by atoms with Crippen molar-refractivity contribution < 1.29 is 33.3 Å². The Hall–Kier alpha value is -3.88. The largest absolute Gasteiger partial charge is 0.493 e. The van der Waals surface area contributed by atoms with E-state index in [1.807, 2.05) is 23.1 Å². The van der Waals surface area contributed by atoms with Crippen LogP contribution in [-0.2, 0) is 11.2 Å². The summed E-state index contributed by atoms with van der Waals surface area (Å²) in [4.78, 5) is 30.1. The van der Waals surface area contributed by atoms with Crippen molar-refractivity contribution in [3.63, 3.8) is 0 Å². The maximum atomic E-state index is 13.3. The van der Waals surface area contributed by atoms with E-state index in [2.05, 4.69) is 0 Å². The summed E-state index contributed by atoms with van der Waals surface area (Å²) in [6.07, 6.45) is 3.35. The minimum atomic E-state index is -0.174. The number of carbonyl (C=O) groups excluding carboxylic acids is 2. The summed E-state index contributed by atoms with van der Waals surface area (Å²) in [5.41, 5.74) is 3.25. The van der Waals surface area contributed by atoms with Crippen molar-refractivity contribution in [2.24, 2.45) is 0 Å². The van der Waals surface area contributed by atoms with Gasteiger partial charge in [-0.15, -0.1) is 0 Å². The first-order valence-corrected chi connectivity index (χ1v) is 11.8. The van der Waals surface area contributed by atoms with E-state index in [1.54, 1.807) is 31.3 Å². The molecule has 1 heterocycles. The fraction of sp³-hybridized carbons (Fsp3) is 0.407. The molecule has 0 radical (unpaired) electrons. The van der Waals surface area contributed by atoms with E-state index in [9.17, 15) is 9.59 Å². The van der Waals surface area contributed by atoms with Gasteiger partial charge < -0.3 is 33.5 Å². The second-order valence-corrected chi connectivity index (χ2v) is 8.54. The van der Waals surface area contributed by atoms with Crippen LogP contribution in [0.25, 0.3) is 6.08 Å². The second-order valence-electron chi connectivity index (χ2n) is 8.54. The van der Waals surface area contributed by atoms with Crippen LogP contribution in [-0.4, -0.2) is 83.3 Å². The van der Waals surface area contributed by atoms with Gasteiger partial charge in [0, 0.05) is 31.8 Å². The Balaban J connectivity index is 1.46. The van der Waals surface area contributed by atoms with Gasteiger partial charge >= 0.3 is 0 Å². The highest BCUT2D eigenvalue weighted by molar-refractivity contribution is 6.00. The van der Waals surface area contributed by atoms with Crippen molar-refractivity contribution in [1.82, 2.24) is 9.80 Å². The Morgan fingerprint density at radius 1 is 0.667 bits per heavy atom. The van der Waals surface area contributed by atoms with Gasteiger partial charge in [-0.3, -0.25) is 9.59 Å². The summed E-state index contributed by atoms with van der Waals surface area (Å²) in [6, 6.07) is 7.24. The third-order valence-corrected chi connectivity index (χ3v) is 6.70. The monoisotopic (exact) mass is 496 g/mol. The number of aryl methyl sites for hydroxylation is 1. The lowest BCUT2D eigenvalue weighted by Crippen LogP contribution is -2.51. The zero-order valence-corrected chi connectivity index (χ0v) is 21.4. The zero-order valence-electron chi connectivity index (χ0n) is 21.4. The third-order valence-electron chi connectivity index (χ3n) is 6.70. The normalized spacial score (nSPS) is 15.0. The molecule has 0 bridgehead atoms. The number of nitrogens with zero attached hydrogens (tertiary/aromatic N) is 2. The molecule has 9 nitrogen and oxygen atoms in total. The minimum absolute atomic E-state index is 0.00577. The number of ether oxygens (including phenoxy) is 5. The number of methoxy groups -OCH3 is 5. The minimum Gasteiger partial charge on any atom is -0.493 e. The third kappa shape index (κ3) is 4.65. The molecule has 0 unspecified atom stereocenters. The summed E-state index contributed by atoms with van der Waals surface area (Å²) >= 11 is 0. The lowest BCUT2D eigenvalue weighted by atomic mass is 9.91. The molecule has 2 aromatic rings. The predicted octanol–water partition coefficient (Wildman–Crippen LogP) is 3.04. The van der Waals surface area contributed by atoms with Crippen LogP contribution in [0.4, 0.5) is 0 Å². The van der Waals surface area contributed by atoms with E-state index in [-0.39, 0.29) is 11.8 Å². The van der Waals surface area contributed by atoms with Gasteiger partial charge in [-0.2, -0.15) is 0 Å². The number of hydrogen-bond donors (Lipinski definition) is 0. The quantitative estimate of drug-likeness (QED) is 0.582. The van der Waals surface area contributed by atoms with E-state index in [1.165, 1.54) is 21.3 Å². The fourth-order valence-corrected chi connectivity index (χ4v) is 4.74. The Kier molecular flexibility index (Phi) is 7.57. The van der Waals surface area contributed by atoms with Gasteiger partial charge in [0.05, 0.1) is 41.1 Å².